The Morgan fingerprint density at radius 3 is 2.20 bits per heavy atom. The second-order valence-electron chi connectivity index (χ2n) is 3.60. The van der Waals surface area contributed by atoms with Crippen molar-refractivity contribution in [2.24, 2.45) is 4.99 Å². The Morgan fingerprint density at radius 2 is 1.90 bits per heavy atom. The number of aliphatic imine (C=N–C) groups is 1. The Bertz CT molecular complexity index is 126. The molecular formula is C7H17NSSi. The molecule has 1 nitrogen and oxygen atoms in total. The van der Waals surface area contributed by atoms with Crippen LogP contribution in [0.3, 0.4) is 0 Å². The summed E-state index contributed by atoms with van der Waals surface area (Å²) in [6.45, 7) is 9.09. The maximum Gasteiger partial charge on any atom is 0.0692 e. The summed E-state index contributed by atoms with van der Waals surface area (Å²) >= 11 is 1.74. The van der Waals surface area contributed by atoms with E-state index >= 15 is 0 Å². The van der Waals surface area contributed by atoms with E-state index in [4.69, 9.17) is 0 Å². The van der Waals surface area contributed by atoms with E-state index in [1.54, 1.807) is 11.8 Å². The summed E-state index contributed by atoms with van der Waals surface area (Å²) in [4.78, 5) is 4.46. The van der Waals surface area contributed by atoms with Gasteiger partial charge in [-0.3, -0.25) is 4.99 Å². The van der Waals surface area contributed by atoms with Crippen LogP contribution in [-0.2, 0) is 0 Å². The lowest BCUT2D eigenvalue weighted by atomic mass is 10.9. The van der Waals surface area contributed by atoms with Gasteiger partial charge in [0.05, 0.1) is 13.1 Å². The predicted molar refractivity (Wildman–Crippen MR) is 54.8 cm³/mol. The van der Waals surface area contributed by atoms with E-state index in [1.165, 1.54) is 5.04 Å². The summed E-state index contributed by atoms with van der Waals surface area (Å²) < 4.78 is 0. The Balaban J connectivity index is 3.73. The molecule has 0 N–H and O–H groups in total. The molecule has 0 aromatic rings. The molecule has 60 valence electrons. The van der Waals surface area contributed by atoms with E-state index in [2.05, 4.69) is 37.8 Å². The van der Waals surface area contributed by atoms with Crippen LogP contribution in [0.4, 0.5) is 0 Å². The zero-order valence-electron chi connectivity index (χ0n) is 7.56. The molecule has 0 aromatic heterocycles. The first kappa shape index (κ1) is 10.2. The normalized spacial score (nSPS) is 13.9. The van der Waals surface area contributed by atoms with Crippen molar-refractivity contribution in [2.75, 3.05) is 12.4 Å². The quantitative estimate of drug-likeness (QED) is 0.357. The number of hydrogen-bond donors (Lipinski definition) is 0. The summed E-state index contributed by atoms with van der Waals surface area (Å²) in [7, 11) is -0.937. The molecule has 0 radical (unpaired) electrons. The van der Waals surface area contributed by atoms with Gasteiger partial charge in [-0.1, -0.05) is 19.6 Å². The first-order chi connectivity index (χ1) is 4.45. The van der Waals surface area contributed by atoms with Gasteiger partial charge >= 0.3 is 0 Å². The van der Waals surface area contributed by atoms with E-state index in [9.17, 15) is 0 Å². The van der Waals surface area contributed by atoms with Crippen LogP contribution in [0.2, 0.25) is 19.6 Å². The third-order valence-electron chi connectivity index (χ3n) is 1.07. The van der Waals surface area contributed by atoms with Gasteiger partial charge in [0, 0.05) is 6.17 Å². The van der Waals surface area contributed by atoms with Crippen molar-refractivity contribution in [1.82, 2.24) is 0 Å². The van der Waals surface area contributed by atoms with Crippen LogP contribution in [0.25, 0.3) is 0 Å². The molecule has 0 aromatic carbocycles. The molecule has 0 unspecified atom stereocenters. The van der Waals surface area contributed by atoms with E-state index in [0.29, 0.717) is 0 Å². The topological polar surface area (TPSA) is 12.4 Å². The lowest BCUT2D eigenvalue weighted by molar-refractivity contribution is 1.28. The fraction of sp³-hybridized carbons (Fsp3) is 0.857. The zero-order chi connectivity index (χ0) is 8.20. The minimum Gasteiger partial charge on any atom is -0.286 e. The average molecular weight is 175 g/mol. The molecule has 0 saturated heterocycles. The average Bonchev–Trinajstić information content (AvgIpc) is 1.81. The van der Waals surface area contributed by atoms with Gasteiger partial charge in [-0.2, -0.15) is 0 Å². The molecule has 0 saturated carbocycles. The van der Waals surface area contributed by atoms with Gasteiger partial charge in [0.25, 0.3) is 0 Å². The van der Waals surface area contributed by atoms with Crippen LogP contribution in [0.1, 0.15) is 6.92 Å². The second kappa shape index (κ2) is 4.19. The van der Waals surface area contributed by atoms with Crippen LogP contribution in [0.5, 0.6) is 0 Å². The standard InChI is InChI=1S/C7H17NSSi/c1-7(9-2)8-6-10(3,4)5/h6H2,1-5H3. The molecule has 3 heteroatoms. The highest BCUT2D eigenvalue weighted by Crippen LogP contribution is 2.03. The van der Waals surface area contributed by atoms with Crippen molar-refractivity contribution < 1.29 is 0 Å². The van der Waals surface area contributed by atoms with Crippen molar-refractivity contribution in [1.29, 1.82) is 0 Å². The van der Waals surface area contributed by atoms with E-state index < -0.39 is 8.07 Å². The molecule has 0 bridgehead atoms. The summed E-state index contributed by atoms with van der Waals surface area (Å²) in [5.41, 5.74) is 0. The SMILES string of the molecule is CSC(C)=NC[Si](C)(C)C. The Kier molecular flexibility index (Phi) is 4.28. The number of hydrogen-bond acceptors (Lipinski definition) is 2. The Morgan fingerprint density at radius 1 is 1.40 bits per heavy atom. The zero-order valence-corrected chi connectivity index (χ0v) is 9.38. The van der Waals surface area contributed by atoms with Crippen molar-refractivity contribution in [2.45, 2.75) is 26.6 Å². The third kappa shape index (κ3) is 6.36. The molecular weight excluding hydrogens is 158 g/mol. The smallest absolute Gasteiger partial charge is 0.0692 e. The highest BCUT2D eigenvalue weighted by atomic mass is 32.2. The first-order valence-electron chi connectivity index (χ1n) is 3.51. The van der Waals surface area contributed by atoms with Crippen LogP contribution in [0, 0.1) is 0 Å². The van der Waals surface area contributed by atoms with Crippen LogP contribution >= 0.6 is 11.8 Å². The number of thioether (sulfide) groups is 1. The maximum atomic E-state index is 4.46. The van der Waals surface area contributed by atoms with E-state index in [0.717, 1.165) is 6.17 Å². The van der Waals surface area contributed by atoms with Gasteiger partial charge in [-0.05, 0) is 13.2 Å². The number of rotatable bonds is 2. The van der Waals surface area contributed by atoms with Crippen molar-refractivity contribution in [3.05, 3.63) is 0 Å². The highest BCUT2D eigenvalue weighted by molar-refractivity contribution is 8.13. The number of nitrogens with zero attached hydrogens (tertiary/aromatic N) is 1. The van der Waals surface area contributed by atoms with E-state index in [1.807, 2.05) is 0 Å². The molecule has 0 heterocycles. The van der Waals surface area contributed by atoms with Gasteiger partial charge < -0.3 is 0 Å². The molecule has 0 amide bonds. The largest absolute Gasteiger partial charge is 0.286 e. The summed E-state index contributed by atoms with van der Waals surface area (Å²) in [5, 5.41) is 1.21. The Labute approximate surface area is 69.3 Å². The minimum absolute atomic E-state index is 0.937. The highest BCUT2D eigenvalue weighted by Gasteiger charge is 2.11. The lowest BCUT2D eigenvalue weighted by Crippen LogP contribution is -2.25. The summed E-state index contributed by atoms with van der Waals surface area (Å²) in [6, 6.07) is 0. The second-order valence-corrected chi connectivity index (χ2v) is 10.0. The molecule has 0 spiro atoms. The van der Waals surface area contributed by atoms with Crippen molar-refractivity contribution in [3.8, 4) is 0 Å². The van der Waals surface area contributed by atoms with Gasteiger partial charge in [-0.25, -0.2) is 0 Å². The van der Waals surface area contributed by atoms with Crippen molar-refractivity contribution >= 4 is 24.9 Å². The molecule has 0 aliphatic carbocycles. The minimum atomic E-state index is -0.937. The summed E-state index contributed by atoms with van der Waals surface area (Å²) in [6.07, 6.45) is 3.14. The van der Waals surface area contributed by atoms with Crippen LogP contribution < -0.4 is 0 Å². The van der Waals surface area contributed by atoms with Crippen molar-refractivity contribution in [3.63, 3.8) is 0 Å². The molecule has 0 aliphatic heterocycles. The maximum absolute atomic E-state index is 4.46. The third-order valence-corrected chi connectivity index (χ3v) is 2.90. The fourth-order valence-corrected chi connectivity index (χ4v) is 1.43. The van der Waals surface area contributed by atoms with Gasteiger partial charge in [0.2, 0.25) is 0 Å². The molecule has 0 fully saturated rings. The monoisotopic (exact) mass is 175 g/mol. The summed E-state index contributed by atoms with van der Waals surface area (Å²) in [5.74, 6) is 0. The molecule has 0 aliphatic rings. The van der Waals surface area contributed by atoms with Crippen LogP contribution in [0.15, 0.2) is 4.99 Å². The van der Waals surface area contributed by atoms with Gasteiger partial charge in [0.1, 0.15) is 0 Å². The lowest BCUT2D eigenvalue weighted by Gasteiger charge is -2.11. The van der Waals surface area contributed by atoms with Gasteiger partial charge in [-0.15, -0.1) is 11.8 Å². The molecule has 0 atom stereocenters. The Hall–Kier alpha value is 0.237. The van der Waals surface area contributed by atoms with Gasteiger partial charge in [0.15, 0.2) is 0 Å². The van der Waals surface area contributed by atoms with Crippen LogP contribution in [-0.4, -0.2) is 25.5 Å². The van der Waals surface area contributed by atoms with E-state index in [-0.39, 0.29) is 0 Å². The molecule has 10 heavy (non-hydrogen) atoms. The molecule has 0 rings (SSSR count). The fourth-order valence-electron chi connectivity index (χ4n) is 0.413. The first-order valence-corrected chi connectivity index (χ1v) is 8.44. The predicted octanol–water partition coefficient (Wildman–Crippen LogP) is 2.65.